The van der Waals surface area contributed by atoms with E-state index < -0.39 is 0 Å². The monoisotopic (exact) mass is 292 g/mol. The Bertz CT molecular complexity index is 282. The van der Waals surface area contributed by atoms with Crippen molar-refractivity contribution in [1.29, 1.82) is 0 Å². The average Bonchev–Trinajstić information content (AvgIpc) is 2.38. The Morgan fingerprint density at radius 1 is 0.857 bits per heavy atom. The Labute approximate surface area is 135 Å². The maximum Gasteiger partial charge on any atom is -0.0322 e. The first-order valence-electron chi connectivity index (χ1n) is 9.28. The normalized spacial score (nSPS) is 15.9. The smallest absolute Gasteiger partial charge is 0.0322 e. The molecule has 0 nitrogen and oxygen atoms in total. The van der Waals surface area contributed by atoms with Crippen molar-refractivity contribution in [3.63, 3.8) is 0 Å². The van der Waals surface area contributed by atoms with E-state index in [0.29, 0.717) is 0 Å². The lowest BCUT2D eigenvalue weighted by atomic mass is 9.92. The van der Waals surface area contributed by atoms with Crippen molar-refractivity contribution < 1.29 is 0 Å². The average molecular weight is 293 g/mol. The lowest BCUT2D eigenvalue weighted by Crippen LogP contribution is -1.99. The van der Waals surface area contributed by atoms with Gasteiger partial charge in [-0.2, -0.15) is 0 Å². The number of hydrogen-bond donors (Lipinski definition) is 0. The van der Waals surface area contributed by atoms with E-state index in [0.717, 1.165) is 24.2 Å². The molecule has 0 radical (unpaired) electrons. The van der Waals surface area contributed by atoms with Crippen LogP contribution >= 0.6 is 0 Å². The van der Waals surface area contributed by atoms with Gasteiger partial charge in [-0.25, -0.2) is 0 Å². The molecule has 2 unspecified atom stereocenters. The van der Waals surface area contributed by atoms with Crippen LogP contribution in [0.3, 0.4) is 0 Å². The highest BCUT2D eigenvalue weighted by Gasteiger charge is 2.05. The summed E-state index contributed by atoms with van der Waals surface area (Å²) in [4.78, 5) is 0. The van der Waals surface area contributed by atoms with Gasteiger partial charge < -0.3 is 0 Å². The van der Waals surface area contributed by atoms with Gasteiger partial charge in [0, 0.05) is 0 Å². The van der Waals surface area contributed by atoms with Crippen LogP contribution in [0, 0.1) is 17.8 Å². The van der Waals surface area contributed by atoms with Crippen LogP contribution in [0.2, 0.25) is 0 Å². The first-order chi connectivity index (χ1) is 9.95. The van der Waals surface area contributed by atoms with Crippen molar-refractivity contribution >= 4 is 0 Å². The molecule has 0 heterocycles. The number of allylic oxidation sites excluding steroid dienone is 4. The summed E-state index contributed by atoms with van der Waals surface area (Å²) in [5, 5.41) is 0. The molecule has 0 spiro atoms. The summed E-state index contributed by atoms with van der Waals surface area (Å²) >= 11 is 0. The fourth-order valence-corrected chi connectivity index (χ4v) is 2.83. The highest BCUT2D eigenvalue weighted by atomic mass is 14.1. The van der Waals surface area contributed by atoms with E-state index in [-0.39, 0.29) is 0 Å². The molecule has 0 aliphatic heterocycles. The zero-order chi connectivity index (χ0) is 16.1. The van der Waals surface area contributed by atoms with E-state index in [1.54, 1.807) is 0 Å². The second-order valence-electron chi connectivity index (χ2n) is 7.46. The van der Waals surface area contributed by atoms with Crippen LogP contribution in [0.15, 0.2) is 23.8 Å². The maximum atomic E-state index is 2.43. The quantitative estimate of drug-likeness (QED) is 0.325. The van der Waals surface area contributed by atoms with Crippen LogP contribution in [0.25, 0.3) is 0 Å². The van der Waals surface area contributed by atoms with Crippen molar-refractivity contribution in [2.45, 2.75) is 92.9 Å². The van der Waals surface area contributed by atoms with Gasteiger partial charge in [0.1, 0.15) is 0 Å². The second kappa shape index (κ2) is 13.2. The third-order valence-electron chi connectivity index (χ3n) is 4.32. The molecule has 0 amide bonds. The molecule has 124 valence electrons. The van der Waals surface area contributed by atoms with Gasteiger partial charge in [-0.3, -0.25) is 0 Å². The minimum atomic E-state index is 0.832. The number of hydrogen-bond acceptors (Lipinski definition) is 0. The fourth-order valence-electron chi connectivity index (χ4n) is 2.83. The van der Waals surface area contributed by atoms with Gasteiger partial charge >= 0.3 is 0 Å². The summed E-state index contributed by atoms with van der Waals surface area (Å²) in [6, 6.07) is 0. The van der Waals surface area contributed by atoms with Crippen LogP contribution in [0.5, 0.6) is 0 Å². The molecule has 0 heteroatoms. The summed E-state index contributed by atoms with van der Waals surface area (Å²) < 4.78 is 0. The third-order valence-corrected chi connectivity index (χ3v) is 4.32. The molecular weight excluding hydrogens is 252 g/mol. The first kappa shape index (κ1) is 20.5. The largest absolute Gasteiger partial charge is 0.0840 e. The van der Waals surface area contributed by atoms with Gasteiger partial charge in [0.15, 0.2) is 0 Å². The van der Waals surface area contributed by atoms with Gasteiger partial charge in [-0.15, -0.1) is 0 Å². The SMILES string of the molecule is CCC=C(C)C=CCC(C)CCCC(C)CCCC(C)C. The molecule has 0 aliphatic rings. The topological polar surface area (TPSA) is 0 Å². The van der Waals surface area contributed by atoms with E-state index in [2.05, 4.69) is 59.8 Å². The first-order valence-corrected chi connectivity index (χ1v) is 9.28. The summed E-state index contributed by atoms with van der Waals surface area (Å²) in [5.41, 5.74) is 1.41. The lowest BCUT2D eigenvalue weighted by Gasteiger charge is -2.14. The highest BCUT2D eigenvalue weighted by molar-refractivity contribution is 5.15. The summed E-state index contributed by atoms with van der Waals surface area (Å²) in [7, 11) is 0. The number of rotatable bonds is 12. The van der Waals surface area contributed by atoms with Crippen LogP contribution in [-0.2, 0) is 0 Å². The predicted octanol–water partition coefficient (Wildman–Crippen LogP) is 7.56. The molecule has 0 rings (SSSR count). The molecule has 0 saturated heterocycles. The Morgan fingerprint density at radius 3 is 2.00 bits per heavy atom. The lowest BCUT2D eigenvalue weighted by molar-refractivity contribution is 0.401. The Balaban J connectivity index is 3.65. The van der Waals surface area contributed by atoms with Gasteiger partial charge in [0.2, 0.25) is 0 Å². The molecule has 21 heavy (non-hydrogen) atoms. The zero-order valence-electron chi connectivity index (χ0n) is 15.6. The molecule has 0 aliphatic carbocycles. The van der Waals surface area contributed by atoms with Gasteiger partial charge in [0.05, 0.1) is 0 Å². The van der Waals surface area contributed by atoms with E-state index in [1.807, 2.05) is 0 Å². The Hall–Kier alpha value is -0.520. The fraction of sp³-hybridized carbons (Fsp3) is 0.810. The van der Waals surface area contributed by atoms with Crippen LogP contribution in [0.1, 0.15) is 92.9 Å². The molecule has 0 bridgehead atoms. The Kier molecular flexibility index (Phi) is 12.8. The van der Waals surface area contributed by atoms with Crippen molar-refractivity contribution in [3.05, 3.63) is 23.8 Å². The second-order valence-corrected chi connectivity index (χ2v) is 7.46. The standard InChI is InChI=1S/C21H40/c1-7-11-19(4)14-9-15-21(6)17-10-16-20(5)13-8-12-18(2)3/h9,11,14,18,20-21H,7-8,10,12-13,15-17H2,1-6H3. The van der Waals surface area contributed by atoms with Crippen molar-refractivity contribution in [1.82, 2.24) is 0 Å². The van der Waals surface area contributed by atoms with Crippen LogP contribution < -0.4 is 0 Å². The molecule has 2 atom stereocenters. The molecule has 0 fully saturated rings. The van der Waals surface area contributed by atoms with Gasteiger partial charge in [-0.1, -0.05) is 96.9 Å². The van der Waals surface area contributed by atoms with Crippen molar-refractivity contribution in [2.24, 2.45) is 17.8 Å². The third kappa shape index (κ3) is 14.2. The summed E-state index contributed by atoms with van der Waals surface area (Å²) in [6.07, 6.45) is 17.8. The molecule has 0 aromatic heterocycles. The zero-order valence-corrected chi connectivity index (χ0v) is 15.6. The van der Waals surface area contributed by atoms with E-state index in [9.17, 15) is 0 Å². The van der Waals surface area contributed by atoms with Crippen molar-refractivity contribution in [2.75, 3.05) is 0 Å². The Morgan fingerprint density at radius 2 is 1.43 bits per heavy atom. The van der Waals surface area contributed by atoms with E-state index in [4.69, 9.17) is 0 Å². The minimum absolute atomic E-state index is 0.832. The minimum Gasteiger partial charge on any atom is -0.0840 e. The summed E-state index contributed by atoms with van der Waals surface area (Å²) in [6.45, 7) is 13.9. The maximum absolute atomic E-state index is 2.43. The molecular formula is C21H40. The molecule has 0 aromatic carbocycles. The van der Waals surface area contributed by atoms with Crippen LogP contribution in [0.4, 0.5) is 0 Å². The van der Waals surface area contributed by atoms with Gasteiger partial charge in [-0.05, 0) is 37.5 Å². The molecule has 0 N–H and O–H groups in total. The highest BCUT2D eigenvalue weighted by Crippen LogP contribution is 2.20. The molecule has 0 aromatic rings. The summed E-state index contributed by atoms with van der Waals surface area (Å²) in [5.74, 6) is 2.62. The molecule has 0 saturated carbocycles. The van der Waals surface area contributed by atoms with E-state index in [1.165, 1.54) is 50.5 Å². The van der Waals surface area contributed by atoms with Crippen LogP contribution in [-0.4, -0.2) is 0 Å². The predicted molar refractivity (Wildman–Crippen MR) is 98.7 cm³/mol. The van der Waals surface area contributed by atoms with Gasteiger partial charge in [0.25, 0.3) is 0 Å². The van der Waals surface area contributed by atoms with Crippen molar-refractivity contribution in [3.8, 4) is 0 Å². The van der Waals surface area contributed by atoms with E-state index >= 15 is 0 Å².